The Morgan fingerprint density at radius 1 is 1.50 bits per heavy atom. The SMILES string of the molecule is C=C(C)CC(N)c1cc(Cl)ccc1Cl. The number of benzene rings is 1. The van der Waals surface area contributed by atoms with E-state index < -0.39 is 0 Å². The minimum Gasteiger partial charge on any atom is -0.324 e. The molecule has 0 radical (unpaired) electrons. The van der Waals surface area contributed by atoms with E-state index >= 15 is 0 Å². The molecule has 1 atom stereocenters. The van der Waals surface area contributed by atoms with Crippen molar-refractivity contribution >= 4 is 23.2 Å². The van der Waals surface area contributed by atoms with Gasteiger partial charge in [-0.3, -0.25) is 0 Å². The standard InChI is InChI=1S/C11H13Cl2N/c1-7(2)5-11(14)9-6-8(12)3-4-10(9)13/h3-4,6,11H,1,5,14H2,2H3. The van der Waals surface area contributed by atoms with Crippen LogP contribution in [0.4, 0.5) is 0 Å². The zero-order chi connectivity index (χ0) is 10.7. The second kappa shape index (κ2) is 4.83. The summed E-state index contributed by atoms with van der Waals surface area (Å²) in [7, 11) is 0. The maximum Gasteiger partial charge on any atom is 0.0454 e. The lowest BCUT2D eigenvalue weighted by molar-refractivity contribution is 0.717. The molecule has 1 aromatic rings. The molecular weight excluding hydrogens is 217 g/mol. The van der Waals surface area contributed by atoms with Gasteiger partial charge in [0.05, 0.1) is 0 Å². The third-order valence-electron chi connectivity index (χ3n) is 1.93. The van der Waals surface area contributed by atoms with Crippen LogP contribution < -0.4 is 5.73 Å². The molecule has 0 amide bonds. The largest absolute Gasteiger partial charge is 0.324 e. The first-order chi connectivity index (χ1) is 6.50. The first-order valence-electron chi connectivity index (χ1n) is 4.35. The van der Waals surface area contributed by atoms with Gasteiger partial charge in [0.15, 0.2) is 0 Å². The fourth-order valence-electron chi connectivity index (χ4n) is 1.28. The van der Waals surface area contributed by atoms with Gasteiger partial charge >= 0.3 is 0 Å². The van der Waals surface area contributed by atoms with Gasteiger partial charge < -0.3 is 5.73 Å². The first kappa shape index (κ1) is 11.6. The summed E-state index contributed by atoms with van der Waals surface area (Å²) in [6.07, 6.45) is 0.722. The Morgan fingerprint density at radius 3 is 2.71 bits per heavy atom. The molecule has 0 saturated carbocycles. The predicted octanol–water partition coefficient (Wildman–Crippen LogP) is 3.96. The predicted molar refractivity (Wildman–Crippen MR) is 62.8 cm³/mol. The molecule has 3 heteroatoms. The van der Waals surface area contributed by atoms with Crippen molar-refractivity contribution in [3.63, 3.8) is 0 Å². The molecule has 1 aromatic carbocycles. The number of hydrogen-bond acceptors (Lipinski definition) is 1. The van der Waals surface area contributed by atoms with Crippen molar-refractivity contribution in [2.45, 2.75) is 19.4 Å². The maximum absolute atomic E-state index is 6.01. The average molecular weight is 230 g/mol. The van der Waals surface area contributed by atoms with Crippen molar-refractivity contribution in [3.8, 4) is 0 Å². The summed E-state index contributed by atoms with van der Waals surface area (Å²) in [4.78, 5) is 0. The van der Waals surface area contributed by atoms with Crippen molar-refractivity contribution < 1.29 is 0 Å². The molecule has 0 aliphatic rings. The highest BCUT2D eigenvalue weighted by Crippen LogP contribution is 2.27. The average Bonchev–Trinajstić information content (AvgIpc) is 2.08. The van der Waals surface area contributed by atoms with E-state index in [1.807, 2.05) is 6.92 Å². The van der Waals surface area contributed by atoms with E-state index in [1.54, 1.807) is 18.2 Å². The summed E-state index contributed by atoms with van der Waals surface area (Å²) in [5.41, 5.74) is 7.87. The highest BCUT2D eigenvalue weighted by molar-refractivity contribution is 6.33. The van der Waals surface area contributed by atoms with E-state index in [-0.39, 0.29) is 6.04 Å². The Hall–Kier alpha value is -0.500. The molecule has 2 N–H and O–H groups in total. The van der Waals surface area contributed by atoms with Gasteiger partial charge in [-0.05, 0) is 37.1 Å². The van der Waals surface area contributed by atoms with Crippen LogP contribution >= 0.6 is 23.2 Å². The second-order valence-corrected chi connectivity index (χ2v) is 4.28. The van der Waals surface area contributed by atoms with Gasteiger partial charge in [0, 0.05) is 16.1 Å². The topological polar surface area (TPSA) is 26.0 Å². The second-order valence-electron chi connectivity index (χ2n) is 3.43. The third kappa shape index (κ3) is 3.02. The monoisotopic (exact) mass is 229 g/mol. The molecule has 0 bridgehead atoms. The van der Waals surface area contributed by atoms with Crippen LogP contribution in [0.25, 0.3) is 0 Å². The van der Waals surface area contributed by atoms with E-state index in [0.29, 0.717) is 10.0 Å². The van der Waals surface area contributed by atoms with Gasteiger partial charge in [0.1, 0.15) is 0 Å². The summed E-state index contributed by atoms with van der Waals surface area (Å²) in [5, 5.41) is 1.31. The smallest absolute Gasteiger partial charge is 0.0454 e. The van der Waals surface area contributed by atoms with Gasteiger partial charge in [0.2, 0.25) is 0 Å². The van der Waals surface area contributed by atoms with E-state index in [4.69, 9.17) is 28.9 Å². The van der Waals surface area contributed by atoms with Crippen LogP contribution in [0.1, 0.15) is 24.9 Å². The molecule has 0 saturated heterocycles. The Morgan fingerprint density at radius 2 is 2.14 bits per heavy atom. The van der Waals surface area contributed by atoms with Gasteiger partial charge in [-0.15, -0.1) is 6.58 Å². The van der Waals surface area contributed by atoms with E-state index in [9.17, 15) is 0 Å². The van der Waals surface area contributed by atoms with Crippen molar-refractivity contribution in [1.29, 1.82) is 0 Å². The molecule has 1 nitrogen and oxygen atoms in total. The molecule has 0 heterocycles. The van der Waals surface area contributed by atoms with Gasteiger partial charge in [-0.25, -0.2) is 0 Å². The molecule has 0 aliphatic carbocycles. The quantitative estimate of drug-likeness (QED) is 0.781. The summed E-state index contributed by atoms with van der Waals surface area (Å²) >= 11 is 11.9. The summed E-state index contributed by atoms with van der Waals surface area (Å²) in [6, 6.07) is 5.19. The summed E-state index contributed by atoms with van der Waals surface area (Å²) in [5.74, 6) is 0. The molecule has 0 aliphatic heterocycles. The Balaban J connectivity index is 2.93. The van der Waals surface area contributed by atoms with Crippen molar-refractivity contribution in [2.24, 2.45) is 5.73 Å². The van der Waals surface area contributed by atoms with Crippen LogP contribution in [0.15, 0.2) is 30.4 Å². The minimum atomic E-state index is -0.126. The van der Waals surface area contributed by atoms with Crippen molar-refractivity contribution in [3.05, 3.63) is 46.0 Å². The highest BCUT2D eigenvalue weighted by atomic mass is 35.5. The fraction of sp³-hybridized carbons (Fsp3) is 0.273. The normalized spacial score (nSPS) is 12.6. The van der Waals surface area contributed by atoms with E-state index in [0.717, 1.165) is 17.6 Å². The van der Waals surface area contributed by atoms with Crippen LogP contribution in [0.5, 0.6) is 0 Å². The molecular formula is C11H13Cl2N. The molecule has 0 aromatic heterocycles. The molecule has 1 rings (SSSR count). The Labute approximate surface area is 94.5 Å². The molecule has 14 heavy (non-hydrogen) atoms. The van der Waals surface area contributed by atoms with Crippen molar-refractivity contribution in [1.82, 2.24) is 0 Å². The third-order valence-corrected chi connectivity index (χ3v) is 2.51. The van der Waals surface area contributed by atoms with Crippen LogP contribution in [0, 0.1) is 0 Å². The lowest BCUT2D eigenvalue weighted by Gasteiger charge is -2.13. The molecule has 0 fully saturated rings. The van der Waals surface area contributed by atoms with E-state index in [2.05, 4.69) is 6.58 Å². The highest BCUT2D eigenvalue weighted by Gasteiger charge is 2.10. The number of rotatable bonds is 3. The number of hydrogen-bond donors (Lipinski definition) is 1. The van der Waals surface area contributed by atoms with Crippen LogP contribution in [0.2, 0.25) is 10.0 Å². The lowest BCUT2D eigenvalue weighted by Crippen LogP contribution is -2.10. The van der Waals surface area contributed by atoms with Crippen LogP contribution in [-0.2, 0) is 0 Å². The van der Waals surface area contributed by atoms with Gasteiger partial charge in [0.25, 0.3) is 0 Å². The molecule has 1 unspecified atom stereocenters. The van der Waals surface area contributed by atoms with E-state index in [1.165, 1.54) is 0 Å². The maximum atomic E-state index is 6.01. The Bertz CT molecular complexity index is 347. The van der Waals surface area contributed by atoms with Crippen molar-refractivity contribution in [2.75, 3.05) is 0 Å². The first-order valence-corrected chi connectivity index (χ1v) is 5.11. The minimum absolute atomic E-state index is 0.126. The summed E-state index contributed by atoms with van der Waals surface area (Å²) in [6.45, 7) is 5.76. The summed E-state index contributed by atoms with van der Waals surface area (Å²) < 4.78 is 0. The number of halogens is 2. The Kier molecular flexibility index (Phi) is 3.99. The van der Waals surface area contributed by atoms with Crippen LogP contribution in [0.3, 0.4) is 0 Å². The molecule has 76 valence electrons. The molecule has 0 spiro atoms. The van der Waals surface area contributed by atoms with Gasteiger partial charge in [-0.1, -0.05) is 28.8 Å². The zero-order valence-corrected chi connectivity index (χ0v) is 9.57. The fourth-order valence-corrected chi connectivity index (χ4v) is 1.72. The number of nitrogens with two attached hydrogens (primary N) is 1. The van der Waals surface area contributed by atoms with Crippen LogP contribution in [-0.4, -0.2) is 0 Å². The lowest BCUT2D eigenvalue weighted by atomic mass is 10.0. The zero-order valence-electron chi connectivity index (χ0n) is 8.06. The van der Waals surface area contributed by atoms with Gasteiger partial charge in [-0.2, -0.15) is 0 Å².